The number of aromatic nitrogens is 1. The van der Waals surface area contributed by atoms with Gasteiger partial charge in [0.05, 0.1) is 29.5 Å². The van der Waals surface area contributed by atoms with E-state index < -0.39 is 0 Å². The molecule has 0 amide bonds. The lowest BCUT2D eigenvalue weighted by atomic mass is 10.0. The van der Waals surface area contributed by atoms with Gasteiger partial charge < -0.3 is 8.98 Å². The molecule has 0 spiro atoms. The zero-order valence-corrected chi connectivity index (χ0v) is 23.9. The molecule has 0 radical (unpaired) electrons. The topological polar surface area (TPSA) is 54.2 Å². The highest BCUT2D eigenvalue weighted by atomic mass is 16.3. The average molecular weight is 571 g/mol. The number of benzene rings is 6. The number of furan rings is 1. The summed E-state index contributed by atoms with van der Waals surface area (Å²) in [5, 5.41) is 16.0. The molecule has 1 saturated heterocycles. The minimum absolute atomic E-state index is 0.00291. The third kappa shape index (κ3) is 4.13. The summed E-state index contributed by atoms with van der Waals surface area (Å²) in [7, 11) is 0. The van der Waals surface area contributed by atoms with Gasteiger partial charge in [0.25, 0.3) is 0 Å². The predicted octanol–water partition coefficient (Wildman–Crippen LogP) is 8.86. The van der Waals surface area contributed by atoms with Gasteiger partial charge in [-0.1, -0.05) is 109 Å². The lowest BCUT2D eigenvalue weighted by Gasteiger charge is -2.39. The quantitative estimate of drug-likeness (QED) is 0.198. The monoisotopic (exact) mass is 570 g/mol. The molecule has 5 heteroatoms. The summed E-state index contributed by atoms with van der Waals surface area (Å²) >= 11 is 0. The molecule has 0 aliphatic carbocycles. The number of para-hydroxylation sites is 2. The highest BCUT2D eigenvalue weighted by molar-refractivity contribution is 6.17. The first-order valence-electron chi connectivity index (χ1n) is 15.1. The molecule has 3 heterocycles. The standard InChI is InChI=1S/C39H30N4O/c1-3-11-25(12-4-1)37-40-38(26-13-5-2-6-14-26)42-39(41-37)27-19-21-28(22-20-27)43-33-17-9-7-15-29(33)31-24-36-32(23-34(31)43)30-16-8-10-18-35(30)44-36/h1-24,37-42H. The van der Waals surface area contributed by atoms with E-state index in [1.165, 1.54) is 38.5 Å². The van der Waals surface area contributed by atoms with Crippen molar-refractivity contribution in [2.75, 3.05) is 0 Å². The maximum absolute atomic E-state index is 6.26. The van der Waals surface area contributed by atoms with Crippen LogP contribution in [0.2, 0.25) is 0 Å². The molecule has 3 N–H and O–H groups in total. The largest absolute Gasteiger partial charge is 0.456 e. The van der Waals surface area contributed by atoms with Crippen LogP contribution in [-0.4, -0.2) is 4.57 Å². The first-order chi connectivity index (χ1) is 21.8. The summed E-state index contributed by atoms with van der Waals surface area (Å²) in [6.45, 7) is 0. The summed E-state index contributed by atoms with van der Waals surface area (Å²) in [6.07, 6.45) is -0.0514. The third-order valence-corrected chi connectivity index (χ3v) is 8.92. The summed E-state index contributed by atoms with van der Waals surface area (Å²) in [5.74, 6) is 0. The molecule has 1 fully saturated rings. The molecule has 8 aromatic rings. The Morgan fingerprint density at radius 3 is 1.61 bits per heavy atom. The van der Waals surface area contributed by atoms with Crippen molar-refractivity contribution in [1.29, 1.82) is 0 Å². The molecular weight excluding hydrogens is 540 g/mol. The van der Waals surface area contributed by atoms with Crippen LogP contribution in [0.4, 0.5) is 0 Å². The summed E-state index contributed by atoms with van der Waals surface area (Å²) in [4.78, 5) is 0. The zero-order valence-electron chi connectivity index (χ0n) is 23.9. The van der Waals surface area contributed by atoms with E-state index in [2.05, 4.69) is 154 Å². The van der Waals surface area contributed by atoms with E-state index in [1.807, 2.05) is 12.1 Å². The van der Waals surface area contributed by atoms with E-state index in [4.69, 9.17) is 4.42 Å². The molecule has 5 nitrogen and oxygen atoms in total. The smallest absolute Gasteiger partial charge is 0.136 e. The van der Waals surface area contributed by atoms with Crippen molar-refractivity contribution < 1.29 is 4.42 Å². The van der Waals surface area contributed by atoms with Crippen LogP contribution in [0.25, 0.3) is 49.4 Å². The van der Waals surface area contributed by atoms with Crippen LogP contribution in [0.15, 0.2) is 150 Å². The van der Waals surface area contributed by atoms with Crippen molar-refractivity contribution in [1.82, 2.24) is 20.5 Å². The van der Waals surface area contributed by atoms with Crippen molar-refractivity contribution in [3.05, 3.63) is 162 Å². The molecule has 212 valence electrons. The number of hydrogen-bond donors (Lipinski definition) is 3. The Hall–Kier alpha value is -5.20. The molecule has 9 rings (SSSR count). The minimum atomic E-state index is -0.0456. The van der Waals surface area contributed by atoms with Crippen LogP contribution in [0.1, 0.15) is 35.2 Å². The molecule has 1 aliphatic heterocycles. The number of rotatable bonds is 4. The van der Waals surface area contributed by atoms with Crippen LogP contribution in [0, 0.1) is 0 Å². The van der Waals surface area contributed by atoms with E-state index in [1.54, 1.807) is 0 Å². The lowest BCUT2D eigenvalue weighted by molar-refractivity contribution is 0.203. The molecular formula is C39H30N4O. The highest BCUT2D eigenvalue weighted by Gasteiger charge is 2.29. The van der Waals surface area contributed by atoms with Crippen LogP contribution in [0.5, 0.6) is 0 Å². The van der Waals surface area contributed by atoms with Gasteiger partial charge in [-0.15, -0.1) is 0 Å². The predicted molar refractivity (Wildman–Crippen MR) is 179 cm³/mol. The minimum Gasteiger partial charge on any atom is -0.456 e. The molecule has 1 aliphatic rings. The van der Waals surface area contributed by atoms with Crippen molar-refractivity contribution >= 4 is 43.7 Å². The van der Waals surface area contributed by atoms with Crippen LogP contribution in [-0.2, 0) is 0 Å². The number of fused-ring (bicyclic) bond motifs is 6. The van der Waals surface area contributed by atoms with E-state index in [0.717, 1.165) is 27.6 Å². The van der Waals surface area contributed by atoms with Crippen LogP contribution < -0.4 is 16.0 Å². The van der Waals surface area contributed by atoms with Gasteiger partial charge in [-0.25, -0.2) is 0 Å². The van der Waals surface area contributed by atoms with E-state index in [0.29, 0.717) is 0 Å². The van der Waals surface area contributed by atoms with Crippen LogP contribution in [0.3, 0.4) is 0 Å². The second kappa shape index (κ2) is 10.2. The average Bonchev–Trinajstić information content (AvgIpc) is 3.63. The molecule has 6 aromatic carbocycles. The molecule has 2 unspecified atom stereocenters. The Balaban J connectivity index is 1.14. The van der Waals surface area contributed by atoms with Gasteiger partial charge in [0.1, 0.15) is 11.2 Å². The Morgan fingerprint density at radius 2 is 0.955 bits per heavy atom. The van der Waals surface area contributed by atoms with E-state index in [-0.39, 0.29) is 18.5 Å². The highest BCUT2D eigenvalue weighted by Crippen LogP contribution is 2.38. The van der Waals surface area contributed by atoms with Crippen molar-refractivity contribution in [2.24, 2.45) is 0 Å². The van der Waals surface area contributed by atoms with Crippen molar-refractivity contribution in [2.45, 2.75) is 18.5 Å². The SMILES string of the molecule is c1ccc(C2NC(c3ccccc3)NC(c3ccc(-n4c5ccccc5c5cc6oc7ccccc7c6cc54)cc3)N2)cc1. The summed E-state index contributed by atoms with van der Waals surface area (Å²) < 4.78 is 8.63. The van der Waals surface area contributed by atoms with Gasteiger partial charge in [-0.3, -0.25) is 16.0 Å². The second-order valence-electron chi connectivity index (χ2n) is 11.5. The number of hydrogen-bond acceptors (Lipinski definition) is 4. The normalized spacial score (nSPS) is 18.9. The fraction of sp³-hybridized carbons (Fsp3) is 0.0769. The van der Waals surface area contributed by atoms with Gasteiger partial charge in [0, 0.05) is 27.2 Å². The van der Waals surface area contributed by atoms with Gasteiger partial charge >= 0.3 is 0 Å². The fourth-order valence-corrected chi connectivity index (χ4v) is 6.79. The van der Waals surface area contributed by atoms with Crippen LogP contribution >= 0.6 is 0 Å². The van der Waals surface area contributed by atoms with Gasteiger partial charge in [-0.05, 0) is 53.1 Å². The number of nitrogens with zero attached hydrogens (tertiary/aromatic N) is 1. The fourth-order valence-electron chi connectivity index (χ4n) is 6.79. The van der Waals surface area contributed by atoms with Gasteiger partial charge in [0.2, 0.25) is 0 Å². The van der Waals surface area contributed by atoms with Crippen molar-refractivity contribution in [3.63, 3.8) is 0 Å². The molecule has 0 bridgehead atoms. The lowest BCUT2D eigenvalue weighted by Crippen LogP contribution is -2.54. The first kappa shape index (κ1) is 25.3. The summed E-state index contributed by atoms with van der Waals surface area (Å²) in [5.41, 5.74) is 8.91. The van der Waals surface area contributed by atoms with Gasteiger partial charge in [-0.2, -0.15) is 0 Å². The number of nitrogens with one attached hydrogen (secondary N) is 3. The maximum atomic E-state index is 6.26. The molecule has 2 aromatic heterocycles. The third-order valence-electron chi connectivity index (χ3n) is 8.92. The molecule has 0 saturated carbocycles. The zero-order chi connectivity index (χ0) is 29.0. The molecule has 2 atom stereocenters. The maximum Gasteiger partial charge on any atom is 0.136 e. The summed E-state index contributed by atoms with van der Waals surface area (Å²) in [6, 6.07) is 51.5. The molecule has 44 heavy (non-hydrogen) atoms. The Bertz CT molecular complexity index is 2220. The van der Waals surface area contributed by atoms with Crippen molar-refractivity contribution in [3.8, 4) is 5.69 Å². The Labute approximate surface area is 254 Å². The first-order valence-corrected chi connectivity index (χ1v) is 15.1. The second-order valence-corrected chi connectivity index (χ2v) is 11.5. The van der Waals surface area contributed by atoms with E-state index >= 15 is 0 Å². The Morgan fingerprint density at radius 1 is 0.409 bits per heavy atom. The Kier molecular flexibility index (Phi) is 5.87. The van der Waals surface area contributed by atoms with E-state index in [9.17, 15) is 0 Å². The van der Waals surface area contributed by atoms with Gasteiger partial charge in [0.15, 0.2) is 0 Å².